The number of carbonyl (C=O) groups is 3. The van der Waals surface area contributed by atoms with Crippen LogP contribution in [0.1, 0.15) is 42.1 Å². The first-order chi connectivity index (χ1) is 17.4. The lowest BCUT2D eigenvalue weighted by Crippen LogP contribution is -2.18. The number of benzene rings is 1. The number of hydrogen-bond acceptors (Lipinski definition) is 5. The summed E-state index contributed by atoms with van der Waals surface area (Å²) >= 11 is 0. The Balaban J connectivity index is 1.56. The number of cyclic esters (lactones) is 2. The lowest BCUT2D eigenvalue weighted by atomic mass is 9.82. The van der Waals surface area contributed by atoms with E-state index in [1.54, 1.807) is 0 Å². The number of aromatic nitrogens is 2. The first-order valence-corrected chi connectivity index (χ1v) is 12.2. The summed E-state index contributed by atoms with van der Waals surface area (Å²) < 4.78 is 14.5. The Morgan fingerprint density at radius 1 is 1.06 bits per heavy atom. The van der Waals surface area contributed by atoms with E-state index in [1.165, 1.54) is 6.92 Å². The van der Waals surface area contributed by atoms with Crippen molar-refractivity contribution in [3.05, 3.63) is 77.2 Å². The highest BCUT2D eigenvalue weighted by molar-refractivity contribution is 6.46. The molecule has 0 radical (unpaired) electrons. The Morgan fingerprint density at radius 2 is 1.81 bits per heavy atom. The summed E-state index contributed by atoms with van der Waals surface area (Å²) in [7, 11) is 1.93. The summed E-state index contributed by atoms with van der Waals surface area (Å²) in [6.45, 7) is 1.80. The van der Waals surface area contributed by atoms with Gasteiger partial charge in [-0.05, 0) is 55.4 Å². The molecule has 0 N–H and O–H groups in total. The van der Waals surface area contributed by atoms with Crippen molar-refractivity contribution >= 4 is 45.5 Å². The van der Waals surface area contributed by atoms with E-state index in [-0.39, 0.29) is 5.97 Å². The Bertz CT molecular complexity index is 1600. The fraction of sp³-hybridized carbons (Fsp3) is 0.276. The third-order valence-corrected chi connectivity index (χ3v) is 7.43. The highest BCUT2D eigenvalue weighted by atomic mass is 16.6. The van der Waals surface area contributed by atoms with Crippen LogP contribution in [-0.4, -0.2) is 33.5 Å². The van der Waals surface area contributed by atoms with E-state index in [4.69, 9.17) is 9.47 Å². The predicted octanol–water partition coefficient (Wildman–Crippen LogP) is 4.48. The monoisotopic (exact) mass is 482 g/mol. The lowest BCUT2D eigenvalue weighted by molar-refractivity contribution is -0.149. The van der Waals surface area contributed by atoms with E-state index in [0.717, 1.165) is 58.9 Å². The SMILES string of the molecule is CC(=O)OCCC1CCc2c(c(C3=C(c4cn(C)c5ccccc45)C(=O)OC3=O)c3ccccn23)C1. The van der Waals surface area contributed by atoms with Crippen molar-refractivity contribution in [1.29, 1.82) is 0 Å². The predicted molar refractivity (Wildman–Crippen MR) is 135 cm³/mol. The minimum absolute atomic E-state index is 0.279. The zero-order chi connectivity index (χ0) is 25.0. The van der Waals surface area contributed by atoms with Crippen LogP contribution in [-0.2, 0) is 43.7 Å². The molecule has 0 saturated carbocycles. The lowest BCUT2D eigenvalue weighted by Gasteiger charge is -2.23. The van der Waals surface area contributed by atoms with Crippen molar-refractivity contribution in [3.63, 3.8) is 0 Å². The summed E-state index contributed by atoms with van der Waals surface area (Å²) in [6, 6.07) is 13.7. The van der Waals surface area contributed by atoms with Gasteiger partial charge in [-0.1, -0.05) is 24.3 Å². The number of fused-ring (bicyclic) bond motifs is 4. The molecule has 182 valence electrons. The van der Waals surface area contributed by atoms with Gasteiger partial charge in [0.15, 0.2) is 0 Å². The normalized spacial score (nSPS) is 17.7. The van der Waals surface area contributed by atoms with Crippen LogP contribution in [0.2, 0.25) is 0 Å². The molecule has 1 unspecified atom stereocenters. The molecule has 36 heavy (non-hydrogen) atoms. The molecule has 1 aliphatic carbocycles. The summed E-state index contributed by atoms with van der Waals surface area (Å²) in [4.78, 5) is 37.7. The van der Waals surface area contributed by atoms with Gasteiger partial charge >= 0.3 is 17.9 Å². The van der Waals surface area contributed by atoms with Crippen LogP contribution < -0.4 is 0 Å². The second-order valence-corrected chi connectivity index (χ2v) is 9.59. The number of para-hydroxylation sites is 1. The summed E-state index contributed by atoms with van der Waals surface area (Å²) in [5.74, 6) is -1.19. The quantitative estimate of drug-likeness (QED) is 0.310. The number of esters is 3. The van der Waals surface area contributed by atoms with E-state index in [0.29, 0.717) is 29.2 Å². The van der Waals surface area contributed by atoms with Gasteiger partial charge in [0.1, 0.15) is 0 Å². The molecule has 4 aromatic rings. The topological polar surface area (TPSA) is 79.0 Å². The maximum Gasteiger partial charge on any atom is 0.347 e. The third kappa shape index (κ3) is 3.46. The van der Waals surface area contributed by atoms with E-state index >= 15 is 0 Å². The minimum Gasteiger partial charge on any atom is -0.466 e. The molecule has 4 heterocycles. The van der Waals surface area contributed by atoms with Crippen molar-refractivity contribution in [1.82, 2.24) is 8.97 Å². The molecule has 0 bridgehead atoms. The molecule has 7 heteroatoms. The number of rotatable bonds is 5. The first kappa shape index (κ1) is 22.3. The molecular formula is C29H26N2O5. The van der Waals surface area contributed by atoms with Crippen molar-refractivity contribution in [3.8, 4) is 0 Å². The van der Waals surface area contributed by atoms with Gasteiger partial charge in [-0.2, -0.15) is 0 Å². The van der Waals surface area contributed by atoms with Crippen molar-refractivity contribution in [2.24, 2.45) is 13.0 Å². The molecule has 0 fully saturated rings. The van der Waals surface area contributed by atoms with E-state index in [2.05, 4.69) is 4.40 Å². The Hall–Kier alpha value is -4.13. The smallest absolute Gasteiger partial charge is 0.347 e. The number of carbonyl (C=O) groups excluding carboxylic acids is 3. The van der Waals surface area contributed by atoms with Gasteiger partial charge < -0.3 is 18.4 Å². The third-order valence-electron chi connectivity index (χ3n) is 7.43. The molecule has 6 rings (SSSR count). The second-order valence-electron chi connectivity index (χ2n) is 9.59. The van der Waals surface area contributed by atoms with Gasteiger partial charge in [0.25, 0.3) is 0 Å². The van der Waals surface area contributed by atoms with E-state index in [9.17, 15) is 14.4 Å². The van der Waals surface area contributed by atoms with Crippen LogP contribution in [0.15, 0.2) is 54.9 Å². The zero-order valence-electron chi connectivity index (χ0n) is 20.2. The maximum atomic E-state index is 13.3. The molecule has 2 aliphatic rings. The van der Waals surface area contributed by atoms with E-state index < -0.39 is 11.9 Å². The van der Waals surface area contributed by atoms with Gasteiger partial charge in [-0.25, -0.2) is 9.59 Å². The number of aryl methyl sites for hydroxylation is 2. The standard InChI is InChI=1S/C29H26N2O5/c1-17(32)35-14-12-18-10-11-23-20(15-18)25(24-9-5-6-13-31(23)24)27-26(28(33)36-29(27)34)21-16-30(2)22-8-4-3-7-19(21)22/h3-9,13,16,18H,10-12,14-15H2,1-2H3. The second kappa shape index (κ2) is 8.52. The molecule has 0 spiro atoms. The van der Waals surface area contributed by atoms with Crippen LogP contribution in [0, 0.1) is 5.92 Å². The van der Waals surface area contributed by atoms with Crippen LogP contribution >= 0.6 is 0 Å². The number of hydrogen-bond donors (Lipinski definition) is 0. The summed E-state index contributed by atoms with van der Waals surface area (Å²) in [5, 5.41) is 0.899. The van der Waals surface area contributed by atoms with Gasteiger partial charge in [-0.15, -0.1) is 0 Å². The number of ether oxygens (including phenoxy) is 2. The molecule has 0 saturated heterocycles. The van der Waals surface area contributed by atoms with Crippen molar-refractivity contribution in [2.45, 2.75) is 32.6 Å². The highest BCUT2D eigenvalue weighted by Crippen LogP contribution is 2.44. The molecule has 1 aliphatic heterocycles. The van der Waals surface area contributed by atoms with Crippen molar-refractivity contribution in [2.75, 3.05) is 6.61 Å². The fourth-order valence-electron chi connectivity index (χ4n) is 5.85. The van der Waals surface area contributed by atoms with Gasteiger partial charge in [0.05, 0.1) is 23.3 Å². The molecular weight excluding hydrogens is 456 g/mol. The van der Waals surface area contributed by atoms with Gasteiger partial charge in [-0.3, -0.25) is 4.79 Å². The highest BCUT2D eigenvalue weighted by Gasteiger charge is 2.40. The van der Waals surface area contributed by atoms with Crippen LogP contribution in [0.4, 0.5) is 0 Å². The number of pyridine rings is 1. The van der Waals surface area contributed by atoms with Gasteiger partial charge in [0, 0.05) is 54.1 Å². The van der Waals surface area contributed by atoms with Crippen molar-refractivity contribution < 1.29 is 23.9 Å². The summed E-state index contributed by atoms with van der Waals surface area (Å²) in [6.07, 6.45) is 7.20. The van der Waals surface area contributed by atoms with Crippen LogP contribution in [0.25, 0.3) is 27.6 Å². The molecule has 3 aromatic heterocycles. The maximum absolute atomic E-state index is 13.3. The fourth-order valence-corrected chi connectivity index (χ4v) is 5.85. The molecule has 1 atom stereocenters. The Kier molecular flexibility index (Phi) is 5.29. The van der Waals surface area contributed by atoms with Crippen LogP contribution in [0.3, 0.4) is 0 Å². The molecule has 7 nitrogen and oxygen atoms in total. The zero-order valence-corrected chi connectivity index (χ0v) is 20.2. The Morgan fingerprint density at radius 3 is 2.64 bits per heavy atom. The first-order valence-electron chi connectivity index (χ1n) is 12.2. The molecule has 1 aromatic carbocycles. The van der Waals surface area contributed by atoms with Gasteiger partial charge in [0.2, 0.25) is 0 Å². The molecule has 0 amide bonds. The number of nitrogens with zero attached hydrogens (tertiary/aromatic N) is 2. The average molecular weight is 483 g/mol. The largest absolute Gasteiger partial charge is 0.466 e. The minimum atomic E-state index is -0.613. The van der Waals surface area contributed by atoms with E-state index in [1.807, 2.05) is 66.5 Å². The van der Waals surface area contributed by atoms with Crippen LogP contribution in [0.5, 0.6) is 0 Å². The summed E-state index contributed by atoms with van der Waals surface area (Å²) in [5.41, 5.74) is 6.22. The Labute approximate surface area is 207 Å². The average Bonchev–Trinajstić information content (AvgIpc) is 3.46.